The van der Waals surface area contributed by atoms with Crippen molar-refractivity contribution in [3.63, 3.8) is 0 Å². The summed E-state index contributed by atoms with van der Waals surface area (Å²) in [5.41, 5.74) is 10.4. The number of carbonyl (C=O) groups excluding carboxylic acids is 1. The smallest absolute Gasteiger partial charge is 0.336 e. The first kappa shape index (κ1) is 21.6. The molecule has 4 N–H and O–H groups in total. The van der Waals surface area contributed by atoms with Crippen LogP contribution in [0.2, 0.25) is 0 Å². The minimum absolute atomic E-state index is 0.0538. The molecule has 174 valence electrons. The second-order valence-electron chi connectivity index (χ2n) is 7.35. The van der Waals surface area contributed by atoms with Crippen LogP contribution in [0.4, 0.5) is 5.82 Å². The Morgan fingerprint density at radius 2 is 1.89 bits per heavy atom. The Balaban J connectivity index is 1.33. The molecule has 2 aromatic carbocycles. The lowest BCUT2D eigenvalue weighted by Gasteiger charge is -2.06. The molecule has 12 nitrogen and oxygen atoms in total. The van der Waals surface area contributed by atoms with Crippen molar-refractivity contribution < 1.29 is 23.7 Å². The average Bonchev–Trinajstić information content (AvgIpc) is 3.58. The van der Waals surface area contributed by atoms with E-state index in [0.717, 1.165) is 0 Å². The van der Waals surface area contributed by atoms with E-state index in [9.17, 15) is 14.7 Å². The van der Waals surface area contributed by atoms with Crippen molar-refractivity contribution in [1.82, 2.24) is 25.3 Å². The zero-order valence-electron chi connectivity index (χ0n) is 18.0. The molecule has 3 heterocycles. The van der Waals surface area contributed by atoms with Gasteiger partial charge in [0.1, 0.15) is 18.1 Å². The third-order valence-electron chi connectivity index (χ3n) is 5.11. The minimum atomic E-state index is -1.06. The van der Waals surface area contributed by atoms with E-state index in [1.165, 1.54) is 12.3 Å². The van der Waals surface area contributed by atoms with Gasteiger partial charge in [-0.2, -0.15) is 5.10 Å². The number of carboxylic acids is 1. The van der Waals surface area contributed by atoms with Gasteiger partial charge in [-0.15, -0.1) is 0 Å². The molecule has 0 fully saturated rings. The van der Waals surface area contributed by atoms with Gasteiger partial charge in [-0.25, -0.2) is 19.8 Å². The van der Waals surface area contributed by atoms with E-state index in [1.807, 2.05) is 18.2 Å². The molecule has 0 saturated carbocycles. The first-order chi connectivity index (χ1) is 17.0. The lowest BCUT2D eigenvalue weighted by molar-refractivity contribution is -0.121. The van der Waals surface area contributed by atoms with E-state index >= 15 is 0 Å². The van der Waals surface area contributed by atoms with Gasteiger partial charge in [-0.05, 0) is 40.6 Å². The number of benzene rings is 2. The number of furan rings is 1. The maximum Gasteiger partial charge on any atom is 0.336 e. The molecule has 0 radical (unpaired) electrons. The van der Waals surface area contributed by atoms with Crippen molar-refractivity contribution in [3.05, 3.63) is 72.0 Å². The van der Waals surface area contributed by atoms with Crippen molar-refractivity contribution in [2.24, 2.45) is 5.10 Å². The van der Waals surface area contributed by atoms with E-state index in [1.54, 1.807) is 41.0 Å². The number of aromatic carboxylic acids is 1. The number of anilines is 1. The van der Waals surface area contributed by atoms with Crippen molar-refractivity contribution >= 4 is 34.9 Å². The second-order valence-corrected chi connectivity index (χ2v) is 7.35. The third kappa shape index (κ3) is 4.23. The fourth-order valence-electron chi connectivity index (χ4n) is 3.57. The SMILES string of the molecule is Nc1nonc1-c1nc2ccccc2n1CC(=O)N/N=C\c1ccc(-c2ccccc2C(=O)O)o1. The number of aromatic nitrogens is 4. The number of nitrogens with one attached hydrogen (secondary N) is 1. The molecule has 0 aliphatic heterocycles. The lowest BCUT2D eigenvalue weighted by Crippen LogP contribution is -2.23. The molecule has 35 heavy (non-hydrogen) atoms. The van der Waals surface area contributed by atoms with Crippen molar-refractivity contribution in [2.45, 2.75) is 6.54 Å². The van der Waals surface area contributed by atoms with Gasteiger partial charge in [0, 0.05) is 5.56 Å². The number of nitrogens with two attached hydrogens (primary N) is 1. The molecular formula is C23H17N7O5. The Morgan fingerprint density at radius 3 is 2.69 bits per heavy atom. The summed E-state index contributed by atoms with van der Waals surface area (Å²) in [5.74, 6) is -0.424. The first-order valence-electron chi connectivity index (χ1n) is 10.3. The molecule has 1 amide bonds. The van der Waals surface area contributed by atoms with Crippen molar-refractivity contribution in [3.8, 4) is 22.8 Å². The molecule has 0 saturated heterocycles. The van der Waals surface area contributed by atoms with E-state index in [0.29, 0.717) is 33.9 Å². The number of amides is 1. The number of carbonyl (C=O) groups is 2. The number of imidazole rings is 1. The monoisotopic (exact) mass is 471 g/mol. The largest absolute Gasteiger partial charge is 0.478 e. The molecule has 12 heteroatoms. The van der Waals surface area contributed by atoms with Gasteiger partial charge >= 0.3 is 5.97 Å². The molecule has 0 spiro atoms. The number of hydrazone groups is 1. The topological polar surface area (TPSA) is 175 Å². The number of para-hydroxylation sites is 2. The van der Waals surface area contributed by atoms with Gasteiger partial charge in [0.25, 0.3) is 5.91 Å². The van der Waals surface area contributed by atoms with Gasteiger partial charge in [0.2, 0.25) is 0 Å². The minimum Gasteiger partial charge on any atom is -0.478 e. The average molecular weight is 471 g/mol. The van der Waals surface area contributed by atoms with Gasteiger partial charge in [0.15, 0.2) is 17.3 Å². The maximum absolute atomic E-state index is 12.6. The Hall–Kier alpha value is -5.26. The zero-order valence-corrected chi connectivity index (χ0v) is 18.0. The summed E-state index contributed by atoms with van der Waals surface area (Å²) in [4.78, 5) is 28.6. The quantitative estimate of drug-likeness (QED) is 0.238. The Kier molecular flexibility index (Phi) is 5.51. The van der Waals surface area contributed by atoms with E-state index < -0.39 is 11.9 Å². The molecule has 5 rings (SSSR count). The number of carboxylic acid groups (broad SMARTS) is 1. The van der Waals surface area contributed by atoms with E-state index in [4.69, 9.17) is 10.2 Å². The number of nitrogen functional groups attached to an aromatic ring is 1. The van der Waals surface area contributed by atoms with Crippen LogP contribution in [0.25, 0.3) is 33.9 Å². The summed E-state index contributed by atoms with van der Waals surface area (Å²) in [5, 5.41) is 20.7. The van der Waals surface area contributed by atoms with Gasteiger partial charge < -0.3 is 19.8 Å². The summed E-state index contributed by atoms with van der Waals surface area (Å²) < 4.78 is 12.0. The van der Waals surface area contributed by atoms with Gasteiger partial charge in [0.05, 0.1) is 22.8 Å². The summed E-state index contributed by atoms with van der Waals surface area (Å²) in [6, 6.07) is 17.0. The van der Waals surface area contributed by atoms with Crippen LogP contribution in [0.1, 0.15) is 16.1 Å². The number of nitrogens with zero attached hydrogens (tertiary/aromatic N) is 5. The van der Waals surface area contributed by atoms with Crippen molar-refractivity contribution in [1.29, 1.82) is 0 Å². The van der Waals surface area contributed by atoms with Crippen LogP contribution in [-0.4, -0.2) is 43.1 Å². The molecule has 0 aliphatic rings. The molecule has 3 aromatic heterocycles. The molecule has 0 bridgehead atoms. The van der Waals surface area contributed by atoms with Crippen molar-refractivity contribution in [2.75, 3.05) is 5.73 Å². The zero-order chi connectivity index (χ0) is 24.4. The van der Waals surface area contributed by atoms with Crippen LogP contribution in [0.15, 0.2) is 74.8 Å². The maximum atomic E-state index is 12.6. The molecule has 0 unspecified atom stereocenters. The fraction of sp³-hybridized carbons (Fsp3) is 0.0435. The molecule has 0 atom stereocenters. The van der Waals surface area contributed by atoms with E-state index in [-0.39, 0.29) is 23.6 Å². The van der Waals surface area contributed by atoms with Gasteiger partial charge in [-0.1, -0.05) is 30.3 Å². The molecular weight excluding hydrogens is 454 g/mol. The number of rotatable bonds is 7. The number of hydrogen-bond donors (Lipinski definition) is 3. The summed E-state index contributed by atoms with van der Waals surface area (Å²) in [7, 11) is 0. The van der Waals surface area contributed by atoms with Crippen LogP contribution in [-0.2, 0) is 11.3 Å². The van der Waals surface area contributed by atoms with Gasteiger partial charge in [-0.3, -0.25) is 4.79 Å². The third-order valence-corrected chi connectivity index (χ3v) is 5.11. The summed E-state index contributed by atoms with van der Waals surface area (Å²) in [6.45, 7) is -0.130. The Bertz CT molecular complexity index is 1580. The van der Waals surface area contributed by atoms with Crippen LogP contribution in [0, 0.1) is 0 Å². The second kappa shape index (κ2) is 8.94. The molecule has 5 aromatic rings. The van der Waals surface area contributed by atoms with Crippen LogP contribution >= 0.6 is 0 Å². The van der Waals surface area contributed by atoms with E-state index in [2.05, 4.69) is 30.5 Å². The summed E-state index contributed by atoms with van der Waals surface area (Å²) >= 11 is 0. The predicted molar refractivity (Wildman–Crippen MR) is 124 cm³/mol. The lowest BCUT2D eigenvalue weighted by atomic mass is 10.1. The predicted octanol–water partition coefficient (Wildman–Crippen LogP) is 2.78. The highest BCUT2D eigenvalue weighted by molar-refractivity contribution is 5.95. The molecule has 0 aliphatic carbocycles. The fourth-order valence-corrected chi connectivity index (χ4v) is 3.57. The normalized spacial score (nSPS) is 11.3. The highest BCUT2D eigenvalue weighted by Gasteiger charge is 2.20. The first-order valence-corrected chi connectivity index (χ1v) is 10.3. The standard InChI is InChI=1S/C23H17N7O5/c24-21-20(28-35-29-21)22-26-16-7-3-4-8-17(16)30(22)12-19(31)27-25-11-13-9-10-18(34-13)14-5-1-2-6-15(14)23(32)33/h1-11H,12H2,(H2,24,29)(H,27,31)(H,32,33)/b25-11-. The number of fused-ring (bicyclic) bond motifs is 1. The highest BCUT2D eigenvalue weighted by Crippen LogP contribution is 2.27. The highest BCUT2D eigenvalue weighted by atomic mass is 16.6. The number of hydrogen-bond acceptors (Lipinski definition) is 9. The van der Waals surface area contributed by atoms with Crippen LogP contribution < -0.4 is 11.2 Å². The Labute approximate surface area is 196 Å². The van der Waals surface area contributed by atoms with Crippen LogP contribution in [0.5, 0.6) is 0 Å². The summed E-state index contributed by atoms with van der Waals surface area (Å²) in [6.07, 6.45) is 1.32. The Morgan fingerprint density at radius 1 is 1.09 bits per heavy atom. The van der Waals surface area contributed by atoms with Crippen LogP contribution in [0.3, 0.4) is 0 Å².